The molecule has 2 rings (SSSR count). The number of nitrogens with one attached hydrogen (secondary N) is 1. The van der Waals surface area contributed by atoms with Crippen LogP contribution in [0.4, 0.5) is 5.69 Å². The van der Waals surface area contributed by atoms with Gasteiger partial charge in [0, 0.05) is 5.69 Å². The van der Waals surface area contributed by atoms with Gasteiger partial charge >= 0.3 is 0 Å². The number of para-hydroxylation sites is 1. The molecule has 0 aliphatic heterocycles. The van der Waals surface area contributed by atoms with Crippen molar-refractivity contribution < 1.29 is 9.90 Å². The minimum absolute atomic E-state index is 0.148. The number of anilines is 1. The Balaban J connectivity index is 2.07. The highest BCUT2D eigenvalue weighted by Crippen LogP contribution is 2.16. The summed E-state index contributed by atoms with van der Waals surface area (Å²) in [5.41, 5.74) is 7.20. The number of aromatic hydroxyl groups is 1. The first-order chi connectivity index (χ1) is 8.66. The molecular weight excluding hydrogens is 228 g/mol. The first-order valence-electron chi connectivity index (χ1n) is 5.57. The Kier molecular flexibility index (Phi) is 3.60. The molecule has 0 aliphatic carbocycles. The van der Waals surface area contributed by atoms with Gasteiger partial charge in [-0.05, 0) is 29.8 Å². The number of carbonyl (C=O) groups excluding carboxylic acids is 1. The Morgan fingerprint density at radius 1 is 1.06 bits per heavy atom. The van der Waals surface area contributed by atoms with E-state index >= 15 is 0 Å². The molecule has 4 heteroatoms. The van der Waals surface area contributed by atoms with Crippen molar-refractivity contribution in [3.8, 4) is 5.75 Å². The van der Waals surface area contributed by atoms with Gasteiger partial charge in [0.05, 0.1) is 0 Å². The summed E-state index contributed by atoms with van der Waals surface area (Å²) in [6, 6.07) is 14.6. The minimum atomic E-state index is -0.759. The number of nitrogens with two attached hydrogens (primary N) is 1. The molecule has 0 fully saturated rings. The lowest BCUT2D eigenvalue weighted by molar-refractivity contribution is -0.117. The molecule has 0 radical (unpaired) electrons. The molecule has 2 aromatic rings. The second kappa shape index (κ2) is 5.33. The number of benzene rings is 2. The highest BCUT2D eigenvalue weighted by molar-refractivity contribution is 5.95. The molecule has 18 heavy (non-hydrogen) atoms. The fourth-order valence-corrected chi connectivity index (χ4v) is 1.57. The lowest BCUT2D eigenvalue weighted by atomic mass is 10.1. The van der Waals surface area contributed by atoms with E-state index in [1.807, 2.05) is 18.2 Å². The lowest BCUT2D eigenvalue weighted by Gasteiger charge is -2.12. The van der Waals surface area contributed by atoms with Crippen LogP contribution in [0.5, 0.6) is 5.75 Å². The van der Waals surface area contributed by atoms with Crippen LogP contribution in [0.25, 0.3) is 0 Å². The average Bonchev–Trinajstić information content (AvgIpc) is 2.40. The largest absolute Gasteiger partial charge is 0.508 e. The third-order valence-corrected chi connectivity index (χ3v) is 2.58. The molecule has 0 saturated heterocycles. The van der Waals surface area contributed by atoms with Crippen molar-refractivity contribution in [1.82, 2.24) is 0 Å². The van der Waals surface area contributed by atoms with Crippen LogP contribution < -0.4 is 11.1 Å². The fraction of sp³-hybridized carbons (Fsp3) is 0.0714. The van der Waals surface area contributed by atoms with Crippen molar-refractivity contribution in [2.75, 3.05) is 5.32 Å². The number of amides is 1. The maximum atomic E-state index is 11.9. The van der Waals surface area contributed by atoms with E-state index < -0.39 is 6.04 Å². The summed E-state index contributed by atoms with van der Waals surface area (Å²) >= 11 is 0. The van der Waals surface area contributed by atoms with E-state index in [0.29, 0.717) is 11.3 Å². The van der Waals surface area contributed by atoms with Gasteiger partial charge in [-0.25, -0.2) is 0 Å². The summed E-state index contributed by atoms with van der Waals surface area (Å²) in [6.07, 6.45) is 0. The van der Waals surface area contributed by atoms with E-state index in [4.69, 9.17) is 5.73 Å². The lowest BCUT2D eigenvalue weighted by Crippen LogP contribution is -2.27. The summed E-state index contributed by atoms with van der Waals surface area (Å²) in [5.74, 6) is -0.138. The van der Waals surface area contributed by atoms with Crippen LogP contribution in [0.1, 0.15) is 11.6 Å². The quantitative estimate of drug-likeness (QED) is 0.770. The van der Waals surface area contributed by atoms with Gasteiger partial charge in [0.15, 0.2) is 0 Å². The van der Waals surface area contributed by atoms with Gasteiger partial charge in [0.2, 0.25) is 5.91 Å². The van der Waals surface area contributed by atoms with Crippen LogP contribution in [0.3, 0.4) is 0 Å². The molecule has 0 heterocycles. The molecule has 0 aromatic heterocycles. The highest BCUT2D eigenvalue weighted by Gasteiger charge is 2.15. The van der Waals surface area contributed by atoms with E-state index in [2.05, 4.69) is 5.32 Å². The van der Waals surface area contributed by atoms with E-state index in [1.54, 1.807) is 24.3 Å². The molecule has 4 nitrogen and oxygen atoms in total. The van der Waals surface area contributed by atoms with Crippen molar-refractivity contribution in [2.45, 2.75) is 6.04 Å². The first kappa shape index (κ1) is 12.1. The Morgan fingerprint density at radius 2 is 1.67 bits per heavy atom. The number of rotatable bonds is 3. The Bertz CT molecular complexity index is 523. The molecule has 0 spiro atoms. The molecule has 0 aliphatic rings. The summed E-state index contributed by atoms with van der Waals surface area (Å²) in [5, 5.41) is 11.9. The second-order valence-corrected chi connectivity index (χ2v) is 3.92. The molecule has 2 aromatic carbocycles. The molecule has 0 bridgehead atoms. The smallest absolute Gasteiger partial charge is 0.245 e. The van der Waals surface area contributed by atoms with Crippen molar-refractivity contribution in [2.24, 2.45) is 5.73 Å². The van der Waals surface area contributed by atoms with Gasteiger partial charge in [-0.3, -0.25) is 4.79 Å². The first-order valence-corrected chi connectivity index (χ1v) is 5.57. The number of phenols is 1. The fourth-order valence-electron chi connectivity index (χ4n) is 1.57. The molecule has 92 valence electrons. The number of phenolic OH excluding ortho intramolecular Hbond substituents is 1. The van der Waals surface area contributed by atoms with Gasteiger partial charge in [-0.2, -0.15) is 0 Å². The maximum Gasteiger partial charge on any atom is 0.245 e. The molecule has 0 saturated carbocycles. The molecule has 1 amide bonds. The maximum absolute atomic E-state index is 11.9. The molecule has 4 N–H and O–H groups in total. The van der Waals surface area contributed by atoms with Gasteiger partial charge < -0.3 is 16.2 Å². The topological polar surface area (TPSA) is 75.4 Å². The van der Waals surface area contributed by atoms with Gasteiger partial charge in [0.25, 0.3) is 0 Å². The summed E-state index contributed by atoms with van der Waals surface area (Å²) in [7, 11) is 0. The van der Waals surface area contributed by atoms with Crippen molar-refractivity contribution in [1.29, 1.82) is 0 Å². The molecule has 1 atom stereocenters. The SMILES string of the molecule is NC(C(=O)Nc1ccccc1)c1ccc(O)cc1. The van der Waals surface area contributed by atoms with Crippen LogP contribution in [0, 0.1) is 0 Å². The zero-order valence-corrected chi connectivity index (χ0v) is 9.71. The van der Waals surface area contributed by atoms with Crippen molar-refractivity contribution >= 4 is 11.6 Å². The minimum Gasteiger partial charge on any atom is -0.508 e. The summed E-state index contributed by atoms with van der Waals surface area (Å²) in [4.78, 5) is 11.9. The summed E-state index contributed by atoms with van der Waals surface area (Å²) in [6.45, 7) is 0. The second-order valence-electron chi connectivity index (χ2n) is 3.92. The predicted octanol–water partition coefficient (Wildman–Crippen LogP) is 2.03. The average molecular weight is 242 g/mol. The highest BCUT2D eigenvalue weighted by atomic mass is 16.3. The van der Waals surface area contributed by atoms with Gasteiger partial charge in [0.1, 0.15) is 11.8 Å². The third kappa shape index (κ3) is 2.87. The van der Waals surface area contributed by atoms with Crippen LogP contribution in [-0.2, 0) is 4.79 Å². The van der Waals surface area contributed by atoms with Crippen LogP contribution >= 0.6 is 0 Å². The predicted molar refractivity (Wildman–Crippen MR) is 70.1 cm³/mol. The Hall–Kier alpha value is -2.33. The molecule has 1 unspecified atom stereocenters. The Labute approximate surface area is 105 Å². The van der Waals surface area contributed by atoms with Crippen LogP contribution in [0.2, 0.25) is 0 Å². The van der Waals surface area contributed by atoms with Crippen molar-refractivity contribution in [3.05, 3.63) is 60.2 Å². The zero-order valence-electron chi connectivity index (χ0n) is 9.71. The molecular formula is C14H14N2O2. The third-order valence-electron chi connectivity index (χ3n) is 2.58. The van der Waals surface area contributed by atoms with Gasteiger partial charge in [-0.1, -0.05) is 30.3 Å². The van der Waals surface area contributed by atoms with Crippen molar-refractivity contribution in [3.63, 3.8) is 0 Å². The van der Waals surface area contributed by atoms with E-state index in [9.17, 15) is 9.90 Å². The van der Waals surface area contributed by atoms with Gasteiger partial charge in [-0.15, -0.1) is 0 Å². The standard InChI is InChI=1S/C14H14N2O2/c15-13(10-6-8-12(17)9-7-10)14(18)16-11-4-2-1-3-5-11/h1-9,13,17H,15H2,(H,16,18). The summed E-state index contributed by atoms with van der Waals surface area (Å²) < 4.78 is 0. The monoisotopic (exact) mass is 242 g/mol. The number of carbonyl (C=O) groups is 1. The normalized spacial score (nSPS) is 11.8. The van der Waals surface area contributed by atoms with E-state index in [-0.39, 0.29) is 11.7 Å². The van der Waals surface area contributed by atoms with E-state index in [0.717, 1.165) is 0 Å². The van der Waals surface area contributed by atoms with Crippen LogP contribution in [0.15, 0.2) is 54.6 Å². The number of hydrogen-bond donors (Lipinski definition) is 3. The van der Waals surface area contributed by atoms with Crippen LogP contribution in [-0.4, -0.2) is 11.0 Å². The zero-order chi connectivity index (χ0) is 13.0. The number of hydrogen-bond acceptors (Lipinski definition) is 3. The van der Waals surface area contributed by atoms with E-state index in [1.165, 1.54) is 12.1 Å². The Morgan fingerprint density at radius 3 is 2.28 bits per heavy atom.